The Labute approximate surface area is 119 Å². The van der Waals surface area contributed by atoms with E-state index >= 15 is 0 Å². The van der Waals surface area contributed by atoms with Gasteiger partial charge in [0.2, 0.25) is 10.0 Å². The molecule has 1 heterocycles. The van der Waals surface area contributed by atoms with Crippen molar-refractivity contribution in [1.82, 2.24) is 14.5 Å². The van der Waals surface area contributed by atoms with Gasteiger partial charge in [-0.25, -0.2) is 8.42 Å². The van der Waals surface area contributed by atoms with E-state index in [9.17, 15) is 8.42 Å². The number of aromatic nitrogens is 2. The van der Waals surface area contributed by atoms with Crippen LogP contribution < -0.4 is 10.5 Å². The van der Waals surface area contributed by atoms with Crippen molar-refractivity contribution < 1.29 is 8.42 Å². The van der Waals surface area contributed by atoms with Gasteiger partial charge in [-0.05, 0) is 27.2 Å². The van der Waals surface area contributed by atoms with Crippen molar-refractivity contribution in [3.63, 3.8) is 0 Å². The van der Waals surface area contributed by atoms with E-state index in [0.717, 1.165) is 0 Å². The second-order valence-corrected chi connectivity index (χ2v) is 6.84. The monoisotopic (exact) mass is 304 g/mol. The largest absolute Gasteiger partial charge is 0.392 e. The molecule has 0 saturated heterocycles. The van der Waals surface area contributed by atoms with Crippen LogP contribution in [0.5, 0.6) is 0 Å². The van der Waals surface area contributed by atoms with Gasteiger partial charge < -0.3 is 5.73 Å². The van der Waals surface area contributed by atoms with E-state index in [-0.39, 0.29) is 9.88 Å². The van der Waals surface area contributed by atoms with Crippen molar-refractivity contribution in [1.29, 1.82) is 0 Å². The second-order valence-electron chi connectivity index (χ2n) is 4.78. The summed E-state index contributed by atoms with van der Waals surface area (Å²) in [6.07, 6.45) is 0.472. The number of hydrogen-bond donors (Lipinski definition) is 2. The third-order valence-electron chi connectivity index (χ3n) is 3.32. The number of nitrogens with one attached hydrogen (secondary N) is 1. The topological polar surface area (TPSA) is 90.0 Å². The summed E-state index contributed by atoms with van der Waals surface area (Å²) in [5, 5.41) is 4.11. The molecular formula is C11H20N4O2S2. The van der Waals surface area contributed by atoms with Gasteiger partial charge in [-0.1, -0.05) is 19.1 Å². The number of nitrogens with two attached hydrogens (primary N) is 1. The molecule has 1 unspecified atom stereocenters. The Morgan fingerprint density at radius 3 is 2.37 bits per heavy atom. The molecule has 1 aromatic rings. The Bertz CT molecular complexity index is 606. The fourth-order valence-corrected chi connectivity index (χ4v) is 3.95. The minimum Gasteiger partial charge on any atom is -0.392 e. The quantitative estimate of drug-likeness (QED) is 0.784. The molecule has 0 radical (unpaired) electrons. The second kappa shape index (κ2) is 5.18. The number of nitrogens with zero attached hydrogens (tertiary/aromatic N) is 2. The highest BCUT2D eigenvalue weighted by Gasteiger charge is 2.34. The minimum atomic E-state index is -3.72. The van der Waals surface area contributed by atoms with Crippen molar-refractivity contribution in [2.45, 2.75) is 44.6 Å². The first kappa shape index (κ1) is 16.1. The third-order valence-corrected chi connectivity index (χ3v) is 5.62. The fraction of sp³-hybridized carbons (Fsp3) is 0.636. The zero-order valence-corrected chi connectivity index (χ0v) is 13.4. The number of aryl methyl sites for hydroxylation is 2. The van der Waals surface area contributed by atoms with Crippen molar-refractivity contribution in [2.75, 3.05) is 0 Å². The lowest BCUT2D eigenvalue weighted by Crippen LogP contribution is -2.54. The van der Waals surface area contributed by atoms with Gasteiger partial charge >= 0.3 is 0 Å². The van der Waals surface area contributed by atoms with Crippen LogP contribution in [0.3, 0.4) is 0 Å². The van der Waals surface area contributed by atoms with Crippen LogP contribution in [0, 0.1) is 13.8 Å². The predicted molar refractivity (Wildman–Crippen MR) is 78.5 cm³/mol. The van der Waals surface area contributed by atoms with Crippen LogP contribution in [0.2, 0.25) is 0 Å². The van der Waals surface area contributed by atoms with Crippen LogP contribution in [-0.4, -0.2) is 28.7 Å². The highest BCUT2D eigenvalue weighted by atomic mass is 32.2. The molecular weight excluding hydrogens is 284 g/mol. The lowest BCUT2D eigenvalue weighted by atomic mass is 10.0. The van der Waals surface area contributed by atoms with E-state index in [4.69, 9.17) is 18.0 Å². The average molecular weight is 304 g/mol. The maximum Gasteiger partial charge on any atom is 0.245 e. The molecule has 0 aliphatic rings. The Hall–Kier alpha value is -0.990. The molecule has 6 nitrogen and oxygen atoms in total. The summed E-state index contributed by atoms with van der Waals surface area (Å²) in [7, 11) is -2.01. The summed E-state index contributed by atoms with van der Waals surface area (Å²) in [6.45, 7) is 6.86. The van der Waals surface area contributed by atoms with Crippen molar-refractivity contribution in [2.24, 2.45) is 12.8 Å². The summed E-state index contributed by atoms with van der Waals surface area (Å²) in [4.78, 5) is 0.309. The molecule has 1 aromatic heterocycles. The molecule has 0 bridgehead atoms. The van der Waals surface area contributed by atoms with Crippen LogP contribution in [0.1, 0.15) is 31.7 Å². The van der Waals surface area contributed by atoms with Gasteiger partial charge in [0.1, 0.15) is 4.90 Å². The molecule has 108 valence electrons. The highest BCUT2D eigenvalue weighted by Crippen LogP contribution is 2.21. The molecule has 8 heteroatoms. The van der Waals surface area contributed by atoms with Crippen LogP contribution >= 0.6 is 12.2 Å². The molecule has 0 amide bonds. The van der Waals surface area contributed by atoms with Crippen LogP contribution in [0.4, 0.5) is 0 Å². The van der Waals surface area contributed by atoms with Crippen LogP contribution in [-0.2, 0) is 17.1 Å². The standard InChI is InChI=1S/C11H20N4O2S2/c1-6-11(4,10(12)18)14-19(16,17)9-7(2)13-15(5)8(9)3/h14H,6H2,1-5H3,(H2,12,18). The number of thiocarbonyl (C=S) groups is 1. The Balaban J connectivity index is 3.30. The summed E-state index contributed by atoms with van der Waals surface area (Å²) < 4.78 is 29.1. The zero-order valence-electron chi connectivity index (χ0n) is 11.8. The van der Waals surface area contributed by atoms with E-state index in [2.05, 4.69) is 9.82 Å². The Kier molecular flexibility index (Phi) is 4.38. The zero-order chi connectivity index (χ0) is 15.0. The molecule has 0 fully saturated rings. The van der Waals surface area contributed by atoms with Crippen molar-refractivity contribution >= 4 is 27.2 Å². The summed E-state index contributed by atoms with van der Waals surface area (Å²) in [5.74, 6) is 0. The average Bonchev–Trinajstić information content (AvgIpc) is 2.52. The number of sulfonamides is 1. The molecule has 0 aliphatic heterocycles. The molecule has 0 saturated carbocycles. The molecule has 19 heavy (non-hydrogen) atoms. The fourth-order valence-electron chi connectivity index (χ4n) is 1.79. The highest BCUT2D eigenvalue weighted by molar-refractivity contribution is 7.89. The first-order chi connectivity index (χ1) is 8.55. The van der Waals surface area contributed by atoms with E-state index in [1.165, 1.54) is 4.68 Å². The van der Waals surface area contributed by atoms with E-state index < -0.39 is 15.6 Å². The normalized spacial score (nSPS) is 15.2. The van der Waals surface area contributed by atoms with E-state index in [1.54, 1.807) is 27.8 Å². The van der Waals surface area contributed by atoms with Gasteiger partial charge in [-0.15, -0.1) is 0 Å². The van der Waals surface area contributed by atoms with Crippen molar-refractivity contribution in [3.8, 4) is 0 Å². The van der Waals surface area contributed by atoms with Gasteiger partial charge in [-0.2, -0.15) is 9.82 Å². The molecule has 0 spiro atoms. The summed E-state index contributed by atoms with van der Waals surface area (Å²) >= 11 is 4.95. The minimum absolute atomic E-state index is 0.123. The van der Waals surface area contributed by atoms with Crippen LogP contribution in [0.15, 0.2) is 4.90 Å². The molecule has 3 N–H and O–H groups in total. The molecule has 1 atom stereocenters. The summed E-state index contributed by atoms with van der Waals surface area (Å²) in [5.41, 5.74) is 5.72. The number of rotatable bonds is 5. The Morgan fingerprint density at radius 2 is 2.05 bits per heavy atom. The summed E-state index contributed by atoms with van der Waals surface area (Å²) in [6, 6.07) is 0. The van der Waals surface area contributed by atoms with Gasteiger partial charge in [0.15, 0.2) is 0 Å². The van der Waals surface area contributed by atoms with Gasteiger partial charge in [0, 0.05) is 7.05 Å². The predicted octanol–water partition coefficient (Wildman–Crippen LogP) is 0.770. The van der Waals surface area contributed by atoms with Crippen molar-refractivity contribution in [3.05, 3.63) is 11.4 Å². The van der Waals surface area contributed by atoms with Gasteiger partial charge in [0.25, 0.3) is 0 Å². The number of hydrogen-bond acceptors (Lipinski definition) is 4. The SMILES string of the molecule is CCC(C)(NS(=O)(=O)c1c(C)nn(C)c1C)C(N)=S. The van der Waals surface area contributed by atoms with E-state index in [1.807, 2.05) is 6.92 Å². The maximum atomic E-state index is 12.5. The lowest BCUT2D eigenvalue weighted by molar-refractivity contribution is 0.510. The van der Waals surface area contributed by atoms with E-state index in [0.29, 0.717) is 17.8 Å². The molecule has 0 aromatic carbocycles. The third kappa shape index (κ3) is 2.96. The lowest BCUT2D eigenvalue weighted by Gasteiger charge is -2.27. The molecule has 1 rings (SSSR count). The first-order valence-electron chi connectivity index (χ1n) is 5.89. The van der Waals surface area contributed by atoms with Crippen LogP contribution in [0.25, 0.3) is 0 Å². The molecule has 0 aliphatic carbocycles. The van der Waals surface area contributed by atoms with Gasteiger partial charge in [0.05, 0.1) is 21.9 Å². The maximum absolute atomic E-state index is 12.5. The smallest absolute Gasteiger partial charge is 0.245 e. The van der Waals surface area contributed by atoms with Gasteiger partial charge in [-0.3, -0.25) is 4.68 Å². The first-order valence-corrected chi connectivity index (χ1v) is 7.78. The Morgan fingerprint density at radius 1 is 1.53 bits per heavy atom.